The molecule has 0 saturated carbocycles. The Morgan fingerprint density at radius 1 is 1.11 bits per heavy atom. The normalized spacial score (nSPS) is 10.4. The fourth-order valence-electron chi connectivity index (χ4n) is 1.99. The summed E-state index contributed by atoms with van der Waals surface area (Å²) in [4.78, 5) is 0. The van der Waals surface area contributed by atoms with Crippen molar-refractivity contribution in [2.75, 3.05) is 5.73 Å². The fraction of sp³-hybridized carbons (Fsp3) is 0.125. The van der Waals surface area contributed by atoms with Gasteiger partial charge in [-0.15, -0.1) is 0 Å². The number of halogens is 1. The molecule has 2 aromatic carbocycles. The van der Waals surface area contributed by atoms with Crippen LogP contribution in [0, 0.1) is 0 Å². The molecule has 0 radical (unpaired) electrons. The first-order chi connectivity index (χ1) is 8.70. The molecule has 2 rings (SSSR count). The molecule has 0 heterocycles. The maximum absolute atomic E-state index is 5.87. The number of rotatable bonds is 3. The summed E-state index contributed by atoms with van der Waals surface area (Å²) < 4.78 is 0. The molecule has 0 fully saturated rings. The summed E-state index contributed by atoms with van der Waals surface area (Å²) in [6.07, 6.45) is 5.11. The number of nitrogens with two attached hydrogens (primary N) is 1. The Hall–Kier alpha value is -1.77. The zero-order valence-electron chi connectivity index (χ0n) is 11.1. The van der Waals surface area contributed by atoms with E-state index in [0.29, 0.717) is 0 Å². The number of hydrogen-bond acceptors (Lipinski definition) is 1. The van der Waals surface area contributed by atoms with Gasteiger partial charge in [-0.2, -0.15) is 0 Å². The van der Waals surface area contributed by atoms with Crippen LogP contribution in [0.5, 0.6) is 0 Å². The van der Waals surface area contributed by atoms with Gasteiger partial charge in [0.25, 0.3) is 0 Å². The van der Waals surface area contributed by atoms with Crippen molar-refractivity contribution >= 4 is 11.4 Å². The van der Waals surface area contributed by atoms with Crippen molar-refractivity contribution in [3.05, 3.63) is 60.2 Å². The van der Waals surface area contributed by atoms with E-state index in [1.807, 2.05) is 31.2 Å². The van der Waals surface area contributed by atoms with E-state index in [4.69, 9.17) is 5.73 Å². The minimum atomic E-state index is 0. The number of hydrogen-bond donors (Lipinski definition) is 2. The molecule has 100 valence electrons. The first-order valence-corrected chi connectivity index (χ1v) is 6.12. The van der Waals surface area contributed by atoms with Crippen LogP contribution in [0.25, 0.3) is 11.1 Å². The first kappa shape index (κ1) is 15.3. The van der Waals surface area contributed by atoms with Crippen molar-refractivity contribution in [1.82, 2.24) is 0 Å². The van der Waals surface area contributed by atoms with Gasteiger partial charge in [-0.3, -0.25) is 0 Å². The van der Waals surface area contributed by atoms with E-state index in [0.717, 1.165) is 17.8 Å². The van der Waals surface area contributed by atoms with Gasteiger partial charge in [0.15, 0.2) is 0 Å². The van der Waals surface area contributed by atoms with Crippen LogP contribution in [0.1, 0.15) is 12.5 Å². The highest BCUT2D eigenvalue weighted by atomic mass is 35.5. The van der Waals surface area contributed by atoms with Gasteiger partial charge in [0, 0.05) is 5.69 Å². The standard InChI is InChI=1S/C16H18N2.ClH/c1-2-3-4-13-11-15(18)9-10-16(13)12-5-7-14(17)8-6-12;/h2-3,5-11H,4,17-18H2,1H3;1H. The molecule has 0 aliphatic heterocycles. The van der Waals surface area contributed by atoms with E-state index >= 15 is 0 Å². The largest absolute Gasteiger partial charge is 1.00 e. The number of allylic oxidation sites excluding steroid dienone is 2. The summed E-state index contributed by atoms with van der Waals surface area (Å²) in [5.41, 5.74) is 15.3. The molecule has 0 bridgehead atoms. The molecule has 0 aliphatic carbocycles. The van der Waals surface area contributed by atoms with Crippen LogP contribution in [-0.2, 0) is 6.42 Å². The summed E-state index contributed by atoms with van der Waals surface area (Å²) in [5.74, 6) is 0. The van der Waals surface area contributed by atoms with Crippen molar-refractivity contribution in [3.63, 3.8) is 0 Å². The molecule has 3 heteroatoms. The molecule has 0 unspecified atom stereocenters. The lowest BCUT2D eigenvalue weighted by molar-refractivity contribution is -0.254. The second kappa shape index (κ2) is 6.98. The quantitative estimate of drug-likeness (QED) is 0.598. The third-order valence-corrected chi connectivity index (χ3v) is 2.97. The zero-order valence-corrected chi connectivity index (χ0v) is 11.8. The van der Waals surface area contributed by atoms with E-state index in [9.17, 15) is 0 Å². The van der Waals surface area contributed by atoms with E-state index < -0.39 is 0 Å². The molecular weight excluding hydrogens is 256 g/mol. The second-order valence-corrected chi connectivity index (χ2v) is 4.39. The molecule has 0 amide bonds. The highest BCUT2D eigenvalue weighted by Crippen LogP contribution is 2.26. The lowest BCUT2D eigenvalue weighted by atomic mass is 9.97. The van der Waals surface area contributed by atoms with Gasteiger partial charge in [0.2, 0.25) is 0 Å². The Kier molecular flexibility index (Phi) is 5.61. The maximum atomic E-state index is 5.87. The van der Waals surface area contributed by atoms with Gasteiger partial charge >= 0.3 is 0 Å². The lowest BCUT2D eigenvalue weighted by Crippen LogP contribution is -3.00. The van der Waals surface area contributed by atoms with Gasteiger partial charge in [-0.1, -0.05) is 18.2 Å². The highest BCUT2D eigenvalue weighted by Gasteiger charge is 2.05. The summed E-state index contributed by atoms with van der Waals surface area (Å²) in [7, 11) is 0. The number of anilines is 1. The Bertz CT molecular complexity index is 559. The van der Waals surface area contributed by atoms with Gasteiger partial charge in [-0.05, 0) is 66.4 Å². The molecule has 2 aromatic rings. The second-order valence-electron chi connectivity index (χ2n) is 4.39. The van der Waals surface area contributed by atoms with Gasteiger partial charge in [-0.25, -0.2) is 0 Å². The topological polar surface area (TPSA) is 53.7 Å². The van der Waals surface area contributed by atoms with Crippen molar-refractivity contribution in [2.24, 2.45) is 0 Å². The maximum Gasteiger partial charge on any atom is 0.127 e. The Balaban J connectivity index is 0.00000180. The molecule has 5 N–H and O–H groups in total. The van der Waals surface area contributed by atoms with E-state index in [1.165, 1.54) is 16.7 Å². The summed E-state index contributed by atoms with van der Waals surface area (Å²) >= 11 is 0. The minimum Gasteiger partial charge on any atom is -1.00 e. The predicted molar refractivity (Wildman–Crippen MR) is 77.4 cm³/mol. The van der Waals surface area contributed by atoms with Crippen molar-refractivity contribution in [3.8, 4) is 11.1 Å². The molecule has 0 spiro atoms. The molecule has 0 saturated heterocycles. The van der Waals surface area contributed by atoms with Crippen LogP contribution in [-0.4, -0.2) is 0 Å². The van der Waals surface area contributed by atoms with Crippen LogP contribution >= 0.6 is 0 Å². The minimum absolute atomic E-state index is 0. The Morgan fingerprint density at radius 3 is 2.42 bits per heavy atom. The van der Waals surface area contributed by atoms with E-state index in [1.54, 1.807) is 0 Å². The summed E-state index contributed by atoms with van der Waals surface area (Å²) in [6.45, 7) is 2.03. The van der Waals surface area contributed by atoms with Crippen molar-refractivity contribution in [2.45, 2.75) is 13.3 Å². The average molecular weight is 275 g/mol. The number of quaternary nitrogens is 1. The van der Waals surface area contributed by atoms with E-state index in [-0.39, 0.29) is 12.4 Å². The molecule has 0 atom stereocenters. The monoisotopic (exact) mass is 274 g/mol. The smallest absolute Gasteiger partial charge is 0.127 e. The van der Waals surface area contributed by atoms with Crippen LogP contribution in [0.3, 0.4) is 0 Å². The summed E-state index contributed by atoms with van der Waals surface area (Å²) in [5, 5.41) is 0. The van der Waals surface area contributed by atoms with Crippen LogP contribution in [0.2, 0.25) is 0 Å². The first-order valence-electron chi connectivity index (χ1n) is 6.12. The highest BCUT2D eigenvalue weighted by molar-refractivity contribution is 5.70. The van der Waals surface area contributed by atoms with Crippen LogP contribution in [0.4, 0.5) is 11.4 Å². The van der Waals surface area contributed by atoms with Gasteiger partial charge in [0.1, 0.15) is 5.69 Å². The summed E-state index contributed by atoms with van der Waals surface area (Å²) in [6, 6.07) is 14.4. The Morgan fingerprint density at radius 2 is 1.79 bits per heavy atom. The third kappa shape index (κ3) is 3.85. The average Bonchev–Trinajstić information content (AvgIpc) is 2.38. The van der Waals surface area contributed by atoms with Crippen molar-refractivity contribution in [1.29, 1.82) is 0 Å². The number of benzene rings is 2. The van der Waals surface area contributed by atoms with Gasteiger partial charge in [0.05, 0.1) is 0 Å². The van der Waals surface area contributed by atoms with Crippen LogP contribution < -0.4 is 23.9 Å². The fourth-order valence-corrected chi connectivity index (χ4v) is 1.99. The number of nitrogen functional groups attached to an aromatic ring is 1. The third-order valence-electron chi connectivity index (χ3n) is 2.97. The molecule has 0 aromatic heterocycles. The lowest BCUT2D eigenvalue weighted by Gasteiger charge is -2.09. The van der Waals surface area contributed by atoms with Crippen molar-refractivity contribution < 1.29 is 18.1 Å². The SMILES string of the molecule is CC=CCc1cc(N)ccc1-c1ccc([NH3+])cc1.[Cl-]. The Labute approximate surface area is 120 Å². The molecule has 0 aliphatic rings. The predicted octanol–water partition coefficient (Wildman–Crippen LogP) is -0.0682. The van der Waals surface area contributed by atoms with E-state index in [2.05, 4.69) is 36.1 Å². The zero-order chi connectivity index (χ0) is 13.0. The van der Waals surface area contributed by atoms with Gasteiger partial charge < -0.3 is 23.9 Å². The molecule has 19 heavy (non-hydrogen) atoms. The molecule has 2 nitrogen and oxygen atoms in total. The van der Waals surface area contributed by atoms with Crippen LogP contribution in [0.15, 0.2) is 54.6 Å². The molecular formula is C16H19ClN2.